The van der Waals surface area contributed by atoms with Gasteiger partial charge in [0.25, 0.3) is 5.91 Å². The Morgan fingerprint density at radius 1 is 1.36 bits per heavy atom. The molecule has 0 saturated heterocycles. The van der Waals surface area contributed by atoms with Crippen molar-refractivity contribution in [3.05, 3.63) is 34.0 Å². The van der Waals surface area contributed by atoms with Crippen LogP contribution in [0.15, 0.2) is 4.52 Å². The second-order valence-corrected chi connectivity index (χ2v) is 5.38. The Morgan fingerprint density at radius 2 is 2.23 bits per heavy atom. The number of aryl methyl sites for hydroxylation is 2. The van der Waals surface area contributed by atoms with E-state index in [1.165, 1.54) is 0 Å². The van der Waals surface area contributed by atoms with E-state index < -0.39 is 0 Å². The maximum atomic E-state index is 12.4. The van der Waals surface area contributed by atoms with E-state index >= 15 is 0 Å². The van der Waals surface area contributed by atoms with Crippen LogP contribution in [0, 0.1) is 0 Å². The van der Waals surface area contributed by atoms with Crippen molar-refractivity contribution in [3.63, 3.8) is 0 Å². The standard InChI is InChI=1S/C15H21N5O2/c1-3-11-9(13(4-2)22-20-11)8-17-15(21)14-10-7-16-6-5-12(10)18-19-14/h16H,3-8H2,1-2H3,(H,17,21)(H,18,19). The minimum atomic E-state index is -0.161. The predicted octanol–water partition coefficient (Wildman–Crippen LogP) is 1.10. The number of nitrogens with one attached hydrogen (secondary N) is 3. The van der Waals surface area contributed by atoms with Gasteiger partial charge in [-0.2, -0.15) is 5.10 Å². The minimum absolute atomic E-state index is 0.161. The van der Waals surface area contributed by atoms with Gasteiger partial charge in [-0.3, -0.25) is 9.89 Å². The van der Waals surface area contributed by atoms with Gasteiger partial charge < -0.3 is 15.2 Å². The number of fused-ring (bicyclic) bond motifs is 1. The highest BCUT2D eigenvalue weighted by Crippen LogP contribution is 2.17. The second kappa shape index (κ2) is 6.31. The molecule has 0 unspecified atom stereocenters. The lowest BCUT2D eigenvalue weighted by Crippen LogP contribution is -2.28. The van der Waals surface area contributed by atoms with Gasteiger partial charge in [-0.15, -0.1) is 0 Å². The molecule has 3 N–H and O–H groups in total. The number of amides is 1. The monoisotopic (exact) mass is 303 g/mol. The van der Waals surface area contributed by atoms with Crippen LogP contribution in [0.4, 0.5) is 0 Å². The van der Waals surface area contributed by atoms with Crippen LogP contribution in [0.1, 0.15) is 52.6 Å². The van der Waals surface area contributed by atoms with Gasteiger partial charge in [-0.25, -0.2) is 0 Å². The molecule has 0 saturated carbocycles. The molecule has 3 rings (SSSR count). The van der Waals surface area contributed by atoms with Crippen LogP contribution >= 0.6 is 0 Å². The first-order valence-corrected chi connectivity index (χ1v) is 7.75. The SMILES string of the molecule is CCc1noc(CC)c1CNC(=O)c1n[nH]c2c1CNCC2. The average Bonchev–Trinajstić information content (AvgIpc) is 3.15. The topological polar surface area (TPSA) is 95.8 Å². The van der Waals surface area contributed by atoms with E-state index in [1.807, 2.05) is 13.8 Å². The number of carbonyl (C=O) groups excluding carboxylic acids is 1. The summed E-state index contributed by atoms with van der Waals surface area (Å²) >= 11 is 0. The Kier molecular flexibility index (Phi) is 4.24. The van der Waals surface area contributed by atoms with Crippen molar-refractivity contribution in [3.8, 4) is 0 Å². The van der Waals surface area contributed by atoms with Crippen LogP contribution in [-0.4, -0.2) is 27.8 Å². The van der Waals surface area contributed by atoms with Crippen LogP contribution in [0.25, 0.3) is 0 Å². The normalized spacial score (nSPS) is 13.9. The van der Waals surface area contributed by atoms with Gasteiger partial charge in [0.1, 0.15) is 5.76 Å². The van der Waals surface area contributed by atoms with Crippen molar-refractivity contribution in [2.75, 3.05) is 6.54 Å². The van der Waals surface area contributed by atoms with Crippen LogP contribution in [0.5, 0.6) is 0 Å². The van der Waals surface area contributed by atoms with E-state index in [2.05, 4.69) is 26.0 Å². The zero-order valence-electron chi connectivity index (χ0n) is 13.0. The van der Waals surface area contributed by atoms with Gasteiger partial charge in [-0.05, 0) is 6.42 Å². The Morgan fingerprint density at radius 3 is 3.00 bits per heavy atom. The highest BCUT2D eigenvalue weighted by Gasteiger charge is 2.22. The summed E-state index contributed by atoms with van der Waals surface area (Å²) in [5.41, 5.74) is 4.40. The highest BCUT2D eigenvalue weighted by atomic mass is 16.5. The second-order valence-electron chi connectivity index (χ2n) is 5.38. The van der Waals surface area contributed by atoms with E-state index in [4.69, 9.17) is 4.52 Å². The zero-order chi connectivity index (χ0) is 15.5. The fraction of sp³-hybridized carbons (Fsp3) is 0.533. The first kappa shape index (κ1) is 14.8. The zero-order valence-corrected chi connectivity index (χ0v) is 13.0. The Hall–Kier alpha value is -2.15. The van der Waals surface area contributed by atoms with E-state index in [1.54, 1.807) is 0 Å². The van der Waals surface area contributed by atoms with Crippen molar-refractivity contribution in [1.29, 1.82) is 0 Å². The molecule has 0 bridgehead atoms. The number of aromatic nitrogens is 3. The molecule has 7 heteroatoms. The third-order valence-corrected chi connectivity index (χ3v) is 4.05. The molecule has 1 aliphatic rings. The predicted molar refractivity (Wildman–Crippen MR) is 80.4 cm³/mol. The molecular weight excluding hydrogens is 282 g/mol. The summed E-state index contributed by atoms with van der Waals surface area (Å²) in [4.78, 5) is 12.4. The Balaban J connectivity index is 1.73. The van der Waals surface area contributed by atoms with Gasteiger partial charge in [0.15, 0.2) is 5.69 Å². The fourth-order valence-electron chi connectivity index (χ4n) is 2.80. The van der Waals surface area contributed by atoms with Crippen molar-refractivity contribution in [1.82, 2.24) is 26.0 Å². The molecular formula is C15H21N5O2. The molecule has 7 nitrogen and oxygen atoms in total. The van der Waals surface area contributed by atoms with Gasteiger partial charge in [-0.1, -0.05) is 19.0 Å². The molecule has 22 heavy (non-hydrogen) atoms. The van der Waals surface area contributed by atoms with Gasteiger partial charge in [0.2, 0.25) is 0 Å². The first-order valence-electron chi connectivity index (χ1n) is 7.75. The molecule has 0 spiro atoms. The van der Waals surface area contributed by atoms with Gasteiger partial charge >= 0.3 is 0 Å². The van der Waals surface area contributed by atoms with Crippen molar-refractivity contribution in [2.45, 2.75) is 46.2 Å². The molecule has 0 fully saturated rings. The van der Waals surface area contributed by atoms with Crippen molar-refractivity contribution in [2.24, 2.45) is 0 Å². The average molecular weight is 303 g/mol. The molecule has 0 atom stereocenters. The highest BCUT2D eigenvalue weighted by molar-refractivity contribution is 5.94. The number of hydrogen-bond acceptors (Lipinski definition) is 5. The summed E-state index contributed by atoms with van der Waals surface area (Å²) in [7, 11) is 0. The van der Waals surface area contributed by atoms with Crippen LogP contribution in [-0.2, 0) is 32.4 Å². The van der Waals surface area contributed by atoms with Crippen LogP contribution in [0.3, 0.4) is 0 Å². The maximum Gasteiger partial charge on any atom is 0.272 e. The number of H-pyrrole nitrogens is 1. The summed E-state index contributed by atoms with van der Waals surface area (Å²) in [6.07, 6.45) is 2.43. The lowest BCUT2D eigenvalue weighted by atomic mass is 10.1. The number of hydrogen-bond donors (Lipinski definition) is 3. The summed E-state index contributed by atoms with van der Waals surface area (Å²) in [6.45, 7) is 6.06. The first-order chi connectivity index (χ1) is 10.7. The van der Waals surface area contributed by atoms with E-state index in [9.17, 15) is 4.79 Å². The Labute approximate surface area is 128 Å². The lowest BCUT2D eigenvalue weighted by Gasteiger charge is -2.12. The maximum absolute atomic E-state index is 12.4. The molecule has 118 valence electrons. The summed E-state index contributed by atoms with van der Waals surface area (Å²) in [6, 6.07) is 0. The van der Waals surface area contributed by atoms with E-state index in [-0.39, 0.29) is 5.91 Å². The Bertz CT molecular complexity index is 652. The molecule has 1 aliphatic heterocycles. The van der Waals surface area contributed by atoms with E-state index in [0.717, 1.165) is 54.1 Å². The molecule has 0 aromatic carbocycles. The number of aromatic amines is 1. The van der Waals surface area contributed by atoms with Gasteiger partial charge in [0, 0.05) is 49.3 Å². The quantitative estimate of drug-likeness (QED) is 0.768. The molecule has 1 amide bonds. The number of nitrogens with zero attached hydrogens (tertiary/aromatic N) is 2. The summed E-state index contributed by atoms with van der Waals surface area (Å²) < 4.78 is 5.32. The molecule has 3 heterocycles. The van der Waals surface area contributed by atoms with Gasteiger partial charge in [0.05, 0.1) is 5.69 Å². The molecule has 0 radical (unpaired) electrons. The molecule has 2 aromatic rings. The summed E-state index contributed by atoms with van der Waals surface area (Å²) in [5.74, 6) is 0.675. The molecule has 0 aliphatic carbocycles. The summed E-state index contributed by atoms with van der Waals surface area (Å²) in [5, 5.41) is 17.4. The third-order valence-electron chi connectivity index (χ3n) is 4.05. The lowest BCUT2D eigenvalue weighted by molar-refractivity contribution is 0.0944. The molecule has 2 aromatic heterocycles. The van der Waals surface area contributed by atoms with Crippen LogP contribution in [0.2, 0.25) is 0 Å². The minimum Gasteiger partial charge on any atom is -0.361 e. The van der Waals surface area contributed by atoms with E-state index in [0.29, 0.717) is 18.8 Å². The number of carbonyl (C=O) groups is 1. The van der Waals surface area contributed by atoms with Crippen LogP contribution < -0.4 is 10.6 Å². The van der Waals surface area contributed by atoms with Crippen molar-refractivity contribution < 1.29 is 9.32 Å². The fourth-order valence-corrected chi connectivity index (χ4v) is 2.80. The number of rotatable bonds is 5. The third kappa shape index (κ3) is 2.64. The largest absolute Gasteiger partial charge is 0.361 e. The van der Waals surface area contributed by atoms with Crippen molar-refractivity contribution >= 4 is 5.91 Å². The smallest absolute Gasteiger partial charge is 0.272 e.